The van der Waals surface area contributed by atoms with E-state index in [0.717, 1.165) is 23.5 Å². The third kappa shape index (κ3) is 4.32. The molecule has 0 aliphatic carbocycles. The molecule has 2 aromatic heterocycles. The predicted molar refractivity (Wildman–Crippen MR) is 109 cm³/mol. The summed E-state index contributed by atoms with van der Waals surface area (Å²) in [4.78, 5) is 16.9. The Balaban J connectivity index is 1.68. The summed E-state index contributed by atoms with van der Waals surface area (Å²) in [7, 11) is 0. The number of hydrogen-bond donors (Lipinski definition) is 1. The number of nitrogens with one attached hydrogen (secondary N) is 1. The molecule has 0 unspecified atom stereocenters. The zero-order valence-corrected chi connectivity index (χ0v) is 17.2. The highest BCUT2D eigenvalue weighted by Crippen LogP contribution is 2.24. The molecular weight excluding hydrogens is 352 g/mol. The Bertz CT molecular complexity index is 969. The molecule has 0 saturated heterocycles. The van der Waals surface area contributed by atoms with Crippen LogP contribution in [0.1, 0.15) is 65.2 Å². The van der Waals surface area contributed by atoms with Gasteiger partial charge in [-0.15, -0.1) is 0 Å². The summed E-state index contributed by atoms with van der Waals surface area (Å²) in [5.74, 6) is 1.64. The Morgan fingerprint density at radius 1 is 1.21 bits per heavy atom. The van der Waals surface area contributed by atoms with Gasteiger partial charge >= 0.3 is 0 Å². The molecule has 0 bridgehead atoms. The van der Waals surface area contributed by atoms with Gasteiger partial charge in [-0.25, -0.2) is 0 Å². The minimum Gasteiger partial charge on any atom is -0.352 e. The van der Waals surface area contributed by atoms with Crippen molar-refractivity contribution in [3.8, 4) is 5.69 Å². The van der Waals surface area contributed by atoms with E-state index in [1.807, 2.05) is 19.9 Å². The molecule has 0 aliphatic rings. The molecule has 0 aliphatic heterocycles. The van der Waals surface area contributed by atoms with Crippen molar-refractivity contribution < 1.29 is 9.32 Å². The van der Waals surface area contributed by atoms with Crippen molar-refractivity contribution in [2.45, 2.75) is 53.4 Å². The molecule has 1 amide bonds. The molecule has 0 spiro atoms. The van der Waals surface area contributed by atoms with Gasteiger partial charge in [0.05, 0.1) is 5.56 Å². The van der Waals surface area contributed by atoms with E-state index in [1.165, 1.54) is 5.56 Å². The minimum absolute atomic E-state index is 0.0546. The second-order valence-electron chi connectivity index (χ2n) is 7.46. The molecule has 3 rings (SSSR count). The highest BCUT2D eigenvalue weighted by atomic mass is 16.5. The standard InChI is InChI=1S/C22H28N4O2/c1-14(2)18-8-6-9-19(13-18)26-15(3)12-20(16(26)4)22(27)23-11-7-10-21-24-17(5)25-28-21/h6,8-9,12-14H,7,10-11H2,1-5H3,(H,23,27). The van der Waals surface area contributed by atoms with Gasteiger partial charge in [-0.1, -0.05) is 31.1 Å². The normalized spacial score (nSPS) is 11.2. The maximum atomic E-state index is 12.7. The van der Waals surface area contributed by atoms with Crippen LogP contribution >= 0.6 is 0 Å². The quantitative estimate of drug-likeness (QED) is 0.621. The molecule has 3 aromatic rings. The van der Waals surface area contributed by atoms with Gasteiger partial charge in [-0.3, -0.25) is 4.79 Å². The Hall–Kier alpha value is -2.89. The molecular formula is C22H28N4O2. The number of amides is 1. The lowest BCUT2D eigenvalue weighted by molar-refractivity contribution is 0.0952. The number of carbonyl (C=O) groups excluding carboxylic acids is 1. The fourth-order valence-corrected chi connectivity index (χ4v) is 3.39. The Labute approximate surface area is 166 Å². The first-order chi connectivity index (χ1) is 13.4. The number of benzene rings is 1. The van der Waals surface area contributed by atoms with Gasteiger partial charge in [0.25, 0.3) is 5.91 Å². The van der Waals surface area contributed by atoms with Crippen LogP contribution in [0.25, 0.3) is 5.69 Å². The highest BCUT2D eigenvalue weighted by Gasteiger charge is 2.17. The van der Waals surface area contributed by atoms with Crippen LogP contribution < -0.4 is 5.32 Å². The Morgan fingerprint density at radius 2 is 2.00 bits per heavy atom. The molecule has 0 radical (unpaired) electrons. The maximum absolute atomic E-state index is 12.7. The van der Waals surface area contributed by atoms with Crippen LogP contribution in [-0.2, 0) is 6.42 Å². The first-order valence-corrected chi connectivity index (χ1v) is 9.73. The topological polar surface area (TPSA) is 73.0 Å². The lowest BCUT2D eigenvalue weighted by Crippen LogP contribution is -2.25. The first kappa shape index (κ1) is 19.9. The van der Waals surface area contributed by atoms with Crippen molar-refractivity contribution in [2.75, 3.05) is 6.54 Å². The maximum Gasteiger partial charge on any atom is 0.253 e. The average Bonchev–Trinajstić information content (AvgIpc) is 3.21. The van der Waals surface area contributed by atoms with Gasteiger partial charge in [0.2, 0.25) is 5.89 Å². The third-order valence-electron chi connectivity index (χ3n) is 4.89. The van der Waals surface area contributed by atoms with E-state index >= 15 is 0 Å². The third-order valence-corrected chi connectivity index (χ3v) is 4.89. The zero-order chi connectivity index (χ0) is 20.3. The molecule has 1 aromatic carbocycles. The number of hydrogen-bond acceptors (Lipinski definition) is 4. The lowest BCUT2D eigenvalue weighted by Gasteiger charge is -2.13. The minimum atomic E-state index is -0.0546. The first-order valence-electron chi connectivity index (χ1n) is 9.73. The summed E-state index contributed by atoms with van der Waals surface area (Å²) >= 11 is 0. The largest absolute Gasteiger partial charge is 0.352 e. The van der Waals surface area contributed by atoms with Crippen LogP contribution in [-0.4, -0.2) is 27.2 Å². The summed E-state index contributed by atoms with van der Waals surface area (Å²) in [5, 5.41) is 6.77. The highest BCUT2D eigenvalue weighted by molar-refractivity contribution is 5.95. The Kier molecular flexibility index (Phi) is 5.97. The fraction of sp³-hybridized carbons (Fsp3) is 0.409. The summed E-state index contributed by atoms with van der Waals surface area (Å²) in [5.41, 5.74) is 5.08. The fourth-order valence-electron chi connectivity index (χ4n) is 3.39. The van der Waals surface area contributed by atoms with Crippen molar-refractivity contribution in [1.29, 1.82) is 0 Å². The van der Waals surface area contributed by atoms with Gasteiger partial charge in [0, 0.05) is 30.0 Å². The average molecular weight is 380 g/mol. The van der Waals surface area contributed by atoms with Crippen molar-refractivity contribution in [3.63, 3.8) is 0 Å². The Morgan fingerprint density at radius 3 is 2.68 bits per heavy atom. The van der Waals surface area contributed by atoms with Crippen LogP contribution in [0.5, 0.6) is 0 Å². The van der Waals surface area contributed by atoms with Gasteiger partial charge in [-0.2, -0.15) is 4.98 Å². The molecule has 1 N–H and O–H groups in total. The van der Waals surface area contributed by atoms with Crippen LogP contribution in [0.15, 0.2) is 34.9 Å². The molecule has 6 nitrogen and oxygen atoms in total. The number of nitrogens with zero attached hydrogens (tertiary/aromatic N) is 3. The smallest absolute Gasteiger partial charge is 0.253 e. The van der Waals surface area contributed by atoms with Gasteiger partial charge in [-0.05, 0) is 56.9 Å². The molecule has 0 saturated carbocycles. The van der Waals surface area contributed by atoms with Gasteiger partial charge in [0.15, 0.2) is 5.82 Å². The van der Waals surface area contributed by atoms with E-state index in [9.17, 15) is 4.79 Å². The molecule has 0 atom stereocenters. The van der Waals surface area contributed by atoms with Crippen molar-refractivity contribution in [2.24, 2.45) is 0 Å². The van der Waals surface area contributed by atoms with Crippen molar-refractivity contribution >= 4 is 5.91 Å². The molecule has 0 fully saturated rings. The number of rotatable bonds is 7. The van der Waals surface area contributed by atoms with Gasteiger partial charge in [0.1, 0.15) is 0 Å². The predicted octanol–water partition coefficient (Wildman–Crippen LogP) is 4.27. The van der Waals surface area contributed by atoms with E-state index in [0.29, 0.717) is 36.2 Å². The monoisotopic (exact) mass is 380 g/mol. The lowest BCUT2D eigenvalue weighted by atomic mass is 10.0. The summed E-state index contributed by atoms with van der Waals surface area (Å²) in [6.07, 6.45) is 1.41. The summed E-state index contributed by atoms with van der Waals surface area (Å²) in [6, 6.07) is 10.4. The number of aromatic nitrogens is 3. The van der Waals surface area contributed by atoms with Crippen molar-refractivity contribution in [3.05, 3.63) is 64.6 Å². The summed E-state index contributed by atoms with van der Waals surface area (Å²) in [6.45, 7) is 10.7. The SMILES string of the molecule is Cc1noc(CCCNC(=O)c2cc(C)n(-c3cccc(C(C)C)c3)c2C)n1. The van der Waals surface area contributed by atoms with Gasteiger partial charge < -0.3 is 14.4 Å². The van der Waals surface area contributed by atoms with Crippen LogP contribution in [0.4, 0.5) is 0 Å². The molecule has 6 heteroatoms. The van der Waals surface area contributed by atoms with E-state index in [1.54, 1.807) is 6.92 Å². The number of carbonyl (C=O) groups is 1. The zero-order valence-electron chi connectivity index (χ0n) is 17.2. The second kappa shape index (κ2) is 8.42. The van der Waals surface area contributed by atoms with E-state index in [-0.39, 0.29) is 5.91 Å². The van der Waals surface area contributed by atoms with E-state index in [2.05, 4.69) is 58.1 Å². The van der Waals surface area contributed by atoms with Crippen LogP contribution in [0.3, 0.4) is 0 Å². The van der Waals surface area contributed by atoms with Crippen LogP contribution in [0.2, 0.25) is 0 Å². The second-order valence-corrected chi connectivity index (χ2v) is 7.46. The van der Waals surface area contributed by atoms with E-state index < -0.39 is 0 Å². The van der Waals surface area contributed by atoms with Crippen LogP contribution in [0, 0.1) is 20.8 Å². The molecule has 2 heterocycles. The molecule has 148 valence electrons. The van der Waals surface area contributed by atoms with E-state index in [4.69, 9.17) is 4.52 Å². The van der Waals surface area contributed by atoms with Crippen molar-refractivity contribution in [1.82, 2.24) is 20.0 Å². The molecule has 28 heavy (non-hydrogen) atoms. The number of aryl methyl sites for hydroxylation is 3. The summed E-state index contributed by atoms with van der Waals surface area (Å²) < 4.78 is 7.23.